The lowest BCUT2D eigenvalue weighted by Crippen LogP contribution is -2.53. The van der Waals surface area contributed by atoms with Crippen molar-refractivity contribution in [3.05, 3.63) is 35.4 Å². The number of carbonyl (C=O) groups is 6. The summed E-state index contributed by atoms with van der Waals surface area (Å²) in [5.74, 6) is -2.87. The number of unbranched alkanes of at least 4 members (excludes halogenated alkanes) is 1. The molecule has 1 aromatic carbocycles. The van der Waals surface area contributed by atoms with Crippen molar-refractivity contribution in [2.75, 3.05) is 6.54 Å². The number of amides is 4. The zero-order valence-corrected chi connectivity index (χ0v) is 29.7. The van der Waals surface area contributed by atoms with Crippen LogP contribution in [0.1, 0.15) is 106 Å². The van der Waals surface area contributed by atoms with E-state index in [9.17, 15) is 28.8 Å². The quantitative estimate of drug-likeness (QED) is 0.0963. The minimum absolute atomic E-state index is 0.0778. The molecule has 0 aliphatic heterocycles. The van der Waals surface area contributed by atoms with E-state index in [1.54, 1.807) is 86.6 Å². The first-order chi connectivity index (χ1) is 22.0. The molecule has 0 saturated heterocycles. The summed E-state index contributed by atoms with van der Waals surface area (Å²) in [6, 6.07) is 3.41. The maximum absolute atomic E-state index is 13.1. The van der Waals surface area contributed by atoms with E-state index in [-0.39, 0.29) is 32.2 Å². The standard InChI is InChI=1S/C34H54N4O10/c1-32(2,3)46-27(41)18-17-25(29(43)48-34(7,8)9)38-31(45)37-24(28(42)47-33(4,5)6)12-10-11-19-35-30(44)36-21-23-15-13-22(14-16-23)20-26(39)40/h13-16,24-25H,10-12,17-21H2,1-9H3,(H,39,40)(H2,35,36,44)(H2,37,38,45)/t24-,25+/m0/s1. The molecule has 270 valence electrons. The molecule has 48 heavy (non-hydrogen) atoms. The molecule has 1 aromatic rings. The van der Waals surface area contributed by atoms with Gasteiger partial charge in [-0.3, -0.25) is 9.59 Å². The maximum atomic E-state index is 13.1. The van der Waals surface area contributed by atoms with Crippen molar-refractivity contribution in [1.82, 2.24) is 21.3 Å². The van der Waals surface area contributed by atoms with Gasteiger partial charge in [0.15, 0.2) is 0 Å². The summed E-state index contributed by atoms with van der Waals surface area (Å²) < 4.78 is 16.3. The van der Waals surface area contributed by atoms with E-state index in [2.05, 4.69) is 21.3 Å². The monoisotopic (exact) mass is 678 g/mol. The Kier molecular flexibility index (Phi) is 16.4. The molecule has 2 atom stereocenters. The van der Waals surface area contributed by atoms with Crippen molar-refractivity contribution in [1.29, 1.82) is 0 Å². The summed E-state index contributed by atoms with van der Waals surface area (Å²) in [6.07, 6.45) is 0.781. The molecule has 0 saturated carbocycles. The Morgan fingerprint density at radius 1 is 0.646 bits per heavy atom. The van der Waals surface area contributed by atoms with Crippen LogP contribution in [0.25, 0.3) is 0 Å². The fourth-order valence-corrected chi connectivity index (χ4v) is 4.13. The topological polar surface area (TPSA) is 198 Å². The Morgan fingerprint density at radius 3 is 1.60 bits per heavy atom. The predicted octanol–water partition coefficient (Wildman–Crippen LogP) is 4.12. The van der Waals surface area contributed by atoms with Crippen LogP contribution in [-0.4, -0.2) is 76.5 Å². The number of ether oxygens (including phenoxy) is 3. The molecule has 0 unspecified atom stereocenters. The Hall–Kier alpha value is -4.36. The van der Waals surface area contributed by atoms with Gasteiger partial charge < -0.3 is 40.6 Å². The highest BCUT2D eigenvalue weighted by atomic mass is 16.6. The summed E-state index contributed by atoms with van der Waals surface area (Å²) in [7, 11) is 0. The molecule has 0 spiro atoms. The molecule has 0 heterocycles. The Bertz CT molecular complexity index is 1240. The highest BCUT2D eigenvalue weighted by Crippen LogP contribution is 2.15. The first-order valence-electron chi connectivity index (χ1n) is 16.1. The number of carbonyl (C=O) groups excluding carboxylic acids is 5. The molecule has 5 N–H and O–H groups in total. The number of carboxylic acids is 1. The summed E-state index contributed by atoms with van der Waals surface area (Å²) in [6.45, 7) is 15.8. The number of urea groups is 2. The Balaban J connectivity index is 2.75. The van der Waals surface area contributed by atoms with Gasteiger partial charge >= 0.3 is 35.9 Å². The molecule has 0 aromatic heterocycles. The molecule has 4 amide bonds. The minimum atomic E-state index is -1.19. The summed E-state index contributed by atoms with van der Waals surface area (Å²) >= 11 is 0. The van der Waals surface area contributed by atoms with Gasteiger partial charge in [-0.25, -0.2) is 19.2 Å². The summed E-state index contributed by atoms with van der Waals surface area (Å²) in [4.78, 5) is 74.3. The van der Waals surface area contributed by atoms with Crippen LogP contribution in [0.5, 0.6) is 0 Å². The third-order valence-electron chi connectivity index (χ3n) is 6.09. The fourth-order valence-electron chi connectivity index (χ4n) is 4.13. The van der Waals surface area contributed by atoms with Crippen molar-refractivity contribution in [2.24, 2.45) is 0 Å². The number of carboxylic acid groups (broad SMARTS) is 1. The molecular weight excluding hydrogens is 624 g/mol. The summed E-state index contributed by atoms with van der Waals surface area (Å²) in [5.41, 5.74) is -0.924. The third-order valence-corrected chi connectivity index (χ3v) is 6.09. The van der Waals surface area contributed by atoms with E-state index in [0.29, 0.717) is 24.9 Å². The normalized spacial score (nSPS) is 12.9. The molecule has 14 nitrogen and oxygen atoms in total. The zero-order chi connectivity index (χ0) is 36.7. The van der Waals surface area contributed by atoms with Crippen LogP contribution in [0.3, 0.4) is 0 Å². The summed E-state index contributed by atoms with van der Waals surface area (Å²) in [5, 5.41) is 19.4. The van der Waals surface area contributed by atoms with E-state index in [0.717, 1.165) is 5.56 Å². The third kappa shape index (κ3) is 20.0. The van der Waals surface area contributed by atoms with Gasteiger partial charge in [0, 0.05) is 19.5 Å². The molecule has 0 aliphatic carbocycles. The van der Waals surface area contributed by atoms with E-state index in [4.69, 9.17) is 19.3 Å². The first-order valence-corrected chi connectivity index (χ1v) is 16.1. The van der Waals surface area contributed by atoms with Crippen LogP contribution in [0.15, 0.2) is 24.3 Å². The molecule has 0 radical (unpaired) electrons. The smallest absolute Gasteiger partial charge is 0.329 e. The number of rotatable bonds is 16. The van der Waals surface area contributed by atoms with Gasteiger partial charge in [0.1, 0.15) is 28.9 Å². The first kappa shape index (κ1) is 41.7. The average molecular weight is 679 g/mol. The Morgan fingerprint density at radius 2 is 1.12 bits per heavy atom. The molecule has 1 rings (SSSR count). The van der Waals surface area contributed by atoms with E-state index >= 15 is 0 Å². The van der Waals surface area contributed by atoms with Crippen molar-refractivity contribution in [2.45, 2.75) is 136 Å². The van der Waals surface area contributed by atoms with Gasteiger partial charge in [-0.2, -0.15) is 0 Å². The van der Waals surface area contributed by atoms with Gasteiger partial charge in [-0.1, -0.05) is 24.3 Å². The SMILES string of the molecule is CC(C)(C)OC(=O)CC[C@@H](NC(=O)N[C@@H](CCCCNC(=O)NCc1ccc(CC(=O)O)cc1)C(=O)OC(C)(C)C)C(=O)OC(C)(C)C. The van der Waals surface area contributed by atoms with Crippen molar-refractivity contribution >= 4 is 35.9 Å². The minimum Gasteiger partial charge on any atom is -0.481 e. The van der Waals surface area contributed by atoms with Crippen LogP contribution < -0.4 is 21.3 Å². The molecular formula is C34H54N4O10. The number of nitrogens with one attached hydrogen (secondary N) is 4. The molecule has 0 bridgehead atoms. The van der Waals surface area contributed by atoms with Crippen LogP contribution in [0, 0.1) is 0 Å². The van der Waals surface area contributed by atoms with Crippen LogP contribution in [0.4, 0.5) is 9.59 Å². The number of hydrogen-bond donors (Lipinski definition) is 5. The fraction of sp³-hybridized carbons (Fsp3) is 0.647. The zero-order valence-electron chi connectivity index (χ0n) is 29.7. The van der Waals surface area contributed by atoms with Crippen LogP contribution in [0.2, 0.25) is 0 Å². The second-order valence-electron chi connectivity index (χ2n) is 14.4. The van der Waals surface area contributed by atoms with E-state index in [1.165, 1.54) is 0 Å². The second-order valence-corrected chi connectivity index (χ2v) is 14.4. The lowest BCUT2D eigenvalue weighted by molar-refractivity contribution is -0.159. The van der Waals surface area contributed by atoms with Gasteiger partial charge in [0.2, 0.25) is 0 Å². The molecule has 14 heteroatoms. The number of benzene rings is 1. The van der Waals surface area contributed by atoms with Gasteiger partial charge in [0.05, 0.1) is 6.42 Å². The molecule has 0 aliphatic rings. The van der Waals surface area contributed by atoms with Gasteiger partial charge in [-0.15, -0.1) is 0 Å². The second kappa shape index (κ2) is 18.8. The Labute approximate surface area is 283 Å². The lowest BCUT2D eigenvalue weighted by Gasteiger charge is -2.27. The lowest BCUT2D eigenvalue weighted by atomic mass is 10.1. The predicted molar refractivity (Wildman–Crippen MR) is 178 cm³/mol. The van der Waals surface area contributed by atoms with Crippen molar-refractivity contribution in [3.8, 4) is 0 Å². The molecule has 0 fully saturated rings. The highest BCUT2D eigenvalue weighted by molar-refractivity contribution is 5.87. The largest absolute Gasteiger partial charge is 0.481 e. The van der Waals surface area contributed by atoms with Gasteiger partial charge in [0.25, 0.3) is 0 Å². The maximum Gasteiger partial charge on any atom is 0.329 e. The van der Waals surface area contributed by atoms with E-state index in [1.807, 2.05) is 0 Å². The van der Waals surface area contributed by atoms with Crippen molar-refractivity contribution < 1.29 is 48.1 Å². The number of aliphatic carboxylic acids is 1. The number of hydrogen-bond acceptors (Lipinski definition) is 9. The number of esters is 3. The highest BCUT2D eigenvalue weighted by Gasteiger charge is 2.31. The van der Waals surface area contributed by atoms with Crippen LogP contribution in [-0.2, 0) is 46.4 Å². The average Bonchev–Trinajstić information content (AvgIpc) is 2.90. The van der Waals surface area contributed by atoms with Crippen LogP contribution >= 0.6 is 0 Å². The van der Waals surface area contributed by atoms with E-state index < -0.39 is 64.8 Å². The van der Waals surface area contributed by atoms with Crippen molar-refractivity contribution in [3.63, 3.8) is 0 Å². The van der Waals surface area contributed by atoms with Gasteiger partial charge in [-0.05, 0) is 99.1 Å².